The van der Waals surface area contributed by atoms with Crippen LogP contribution in [0.25, 0.3) is 11.4 Å². The van der Waals surface area contributed by atoms with Gasteiger partial charge < -0.3 is 5.32 Å². The molecule has 1 amide bonds. The predicted molar refractivity (Wildman–Crippen MR) is 121 cm³/mol. The summed E-state index contributed by atoms with van der Waals surface area (Å²) in [7, 11) is 0. The number of hydrogen-bond donors (Lipinski definition) is 1. The highest BCUT2D eigenvalue weighted by Gasteiger charge is 2.32. The molecule has 1 fully saturated rings. The molecule has 1 aromatic heterocycles. The topological polar surface area (TPSA) is 59.8 Å². The maximum absolute atomic E-state index is 14.4. The summed E-state index contributed by atoms with van der Waals surface area (Å²) >= 11 is 1.38. The Balaban J connectivity index is 1.51. The van der Waals surface area contributed by atoms with Gasteiger partial charge in [0.25, 0.3) is 0 Å². The average Bonchev–Trinajstić information content (AvgIpc) is 3.54. The molecule has 4 rings (SSSR count). The second-order valence-electron chi connectivity index (χ2n) is 7.91. The zero-order valence-corrected chi connectivity index (χ0v) is 18.6. The van der Waals surface area contributed by atoms with E-state index in [1.54, 1.807) is 18.2 Å². The monoisotopic (exact) mass is 438 g/mol. The number of benzene rings is 2. The minimum Gasteiger partial charge on any atom is -0.348 e. The average molecular weight is 439 g/mol. The van der Waals surface area contributed by atoms with E-state index in [9.17, 15) is 9.18 Å². The Kier molecular flexibility index (Phi) is 6.70. The van der Waals surface area contributed by atoms with E-state index in [2.05, 4.69) is 22.4 Å². The van der Waals surface area contributed by atoms with Crippen LogP contribution < -0.4 is 5.32 Å². The maximum atomic E-state index is 14.4. The van der Waals surface area contributed by atoms with Gasteiger partial charge in [-0.2, -0.15) is 0 Å². The maximum Gasteiger partial charge on any atom is 0.233 e. The van der Waals surface area contributed by atoms with Gasteiger partial charge in [0.1, 0.15) is 5.82 Å². The van der Waals surface area contributed by atoms with Crippen LogP contribution in [0.3, 0.4) is 0 Å². The minimum absolute atomic E-state index is 0.0166. The first-order valence-corrected chi connectivity index (χ1v) is 11.7. The Labute approximate surface area is 186 Å². The normalized spacial score (nSPS) is 15.5. The fourth-order valence-electron chi connectivity index (χ4n) is 3.64. The first kappa shape index (κ1) is 21.6. The third-order valence-corrected chi connectivity index (χ3v) is 6.50. The van der Waals surface area contributed by atoms with Gasteiger partial charge in [-0.1, -0.05) is 67.6 Å². The molecule has 0 bridgehead atoms. The summed E-state index contributed by atoms with van der Waals surface area (Å²) in [6.45, 7) is 3.99. The number of carbonyl (C=O) groups is 1. The van der Waals surface area contributed by atoms with Crippen LogP contribution >= 0.6 is 11.8 Å². The SMILES string of the molecule is CCCC(NC(=O)C(C)Sc1nnc(-c2ccccc2F)n1C1CC1)c1ccccc1. The molecule has 0 saturated heterocycles. The van der Waals surface area contributed by atoms with Gasteiger partial charge >= 0.3 is 0 Å². The van der Waals surface area contributed by atoms with E-state index in [1.165, 1.54) is 17.8 Å². The van der Waals surface area contributed by atoms with Gasteiger partial charge in [0.2, 0.25) is 5.91 Å². The summed E-state index contributed by atoms with van der Waals surface area (Å²) in [5, 5.41) is 12.1. The number of carbonyl (C=O) groups excluding carboxylic acids is 1. The van der Waals surface area contributed by atoms with Crippen LogP contribution in [0.4, 0.5) is 4.39 Å². The van der Waals surface area contributed by atoms with Crippen molar-refractivity contribution in [1.29, 1.82) is 0 Å². The second kappa shape index (κ2) is 9.64. The summed E-state index contributed by atoms with van der Waals surface area (Å²) < 4.78 is 16.4. The van der Waals surface area contributed by atoms with Crippen molar-refractivity contribution in [2.24, 2.45) is 0 Å². The molecule has 0 spiro atoms. The first-order valence-electron chi connectivity index (χ1n) is 10.8. The smallest absolute Gasteiger partial charge is 0.233 e. The fourth-order valence-corrected chi connectivity index (χ4v) is 4.57. The molecular weight excluding hydrogens is 411 g/mol. The van der Waals surface area contributed by atoms with Crippen molar-refractivity contribution >= 4 is 17.7 Å². The highest BCUT2D eigenvalue weighted by atomic mass is 32.2. The summed E-state index contributed by atoms with van der Waals surface area (Å²) in [4.78, 5) is 13.0. The van der Waals surface area contributed by atoms with Crippen molar-refractivity contribution in [2.75, 3.05) is 0 Å². The quantitative estimate of drug-likeness (QED) is 0.445. The molecule has 1 saturated carbocycles. The van der Waals surface area contributed by atoms with Crippen molar-refractivity contribution in [3.05, 3.63) is 66.0 Å². The van der Waals surface area contributed by atoms with Crippen LogP contribution in [-0.4, -0.2) is 25.9 Å². The van der Waals surface area contributed by atoms with Crippen LogP contribution in [-0.2, 0) is 4.79 Å². The van der Waals surface area contributed by atoms with Crippen molar-refractivity contribution in [3.63, 3.8) is 0 Å². The molecule has 1 aliphatic rings. The highest BCUT2D eigenvalue weighted by Crippen LogP contribution is 2.42. The van der Waals surface area contributed by atoms with Crippen molar-refractivity contribution in [1.82, 2.24) is 20.1 Å². The third-order valence-electron chi connectivity index (χ3n) is 5.44. The molecule has 2 aromatic carbocycles. The molecule has 5 nitrogen and oxygen atoms in total. The molecule has 1 N–H and O–H groups in total. The summed E-state index contributed by atoms with van der Waals surface area (Å²) in [5.74, 6) is 0.179. The lowest BCUT2D eigenvalue weighted by molar-refractivity contribution is -0.121. The Hall–Kier alpha value is -2.67. The van der Waals surface area contributed by atoms with Crippen LogP contribution in [0.15, 0.2) is 59.8 Å². The van der Waals surface area contributed by atoms with Gasteiger partial charge in [-0.05, 0) is 43.9 Å². The Morgan fingerprint density at radius 3 is 2.55 bits per heavy atom. The lowest BCUT2D eigenvalue weighted by atomic mass is 10.0. The van der Waals surface area contributed by atoms with E-state index in [0.29, 0.717) is 16.5 Å². The lowest BCUT2D eigenvalue weighted by Gasteiger charge is -2.21. The summed E-state index contributed by atoms with van der Waals surface area (Å²) in [6.07, 6.45) is 3.88. The summed E-state index contributed by atoms with van der Waals surface area (Å²) in [5.41, 5.74) is 1.55. The number of rotatable bonds is 9. The molecule has 2 unspecified atom stereocenters. The van der Waals surface area contributed by atoms with Crippen molar-refractivity contribution in [2.45, 2.75) is 62.0 Å². The summed E-state index contributed by atoms with van der Waals surface area (Å²) in [6, 6.07) is 16.9. The molecule has 1 heterocycles. The third kappa shape index (κ3) is 4.98. The van der Waals surface area contributed by atoms with E-state index in [4.69, 9.17) is 0 Å². The Bertz CT molecular complexity index is 1040. The number of hydrogen-bond acceptors (Lipinski definition) is 4. The zero-order valence-electron chi connectivity index (χ0n) is 17.8. The number of aromatic nitrogens is 3. The second-order valence-corrected chi connectivity index (χ2v) is 9.22. The first-order chi connectivity index (χ1) is 15.1. The largest absolute Gasteiger partial charge is 0.348 e. The van der Waals surface area contributed by atoms with Crippen LogP contribution in [0.2, 0.25) is 0 Å². The molecule has 0 radical (unpaired) electrons. The molecule has 0 aliphatic heterocycles. The van der Waals surface area contributed by atoms with Gasteiger partial charge in [0.15, 0.2) is 11.0 Å². The Morgan fingerprint density at radius 1 is 1.16 bits per heavy atom. The van der Waals surface area contributed by atoms with E-state index < -0.39 is 0 Å². The van der Waals surface area contributed by atoms with Crippen LogP contribution in [0, 0.1) is 5.82 Å². The number of amides is 1. The lowest BCUT2D eigenvalue weighted by Crippen LogP contribution is -2.34. The molecule has 31 heavy (non-hydrogen) atoms. The predicted octanol–water partition coefficient (Wildman–Crippen LogP) is 5.56. The zero-order chi connectivity index (χ0) is 21.8. The van der Waals surface area contributed by atoms with Crippen molar-refractivity contribution < 1.29 is 9.18 Å². The van der Waals surface area contributed by atoms with Crippen molar-refractivity contribution in [3.8, 4) is 11.4 Å². The number of nitrogens with one attached hydrogen (secondary N) is 1. The molecule has 7 heteroatoms. The van der Waals surface area contributed by atoms with Gasteiger partial charge in [-0.15, -0.1) is 10.2 Å². The fraction of sp³-hybridized carbons (Fsp3) is 0.375. The van der Waals surface area contributed by atoms with Gasteiger partial charge in [0, 0.05) is 6.04 Å². The number of thioether (sulfide) groups is 1. The number of nitrogens with zero attached hydrogens (tertiary/aromatic N) is 3. The minimum atomic E-state index is -0.349. The van der Waals surface area contributed by atoms with E-state index in [0.717, 1.165) is 31.2 Å². The molecular formula is C24H27FN4OS. The molecule has 2 atom stereocenters. The van der Waals surface area contributed by atoms with Gasteiger partial charge in [-0.3, -0.25) is 9.36 Å². The van der Waals surface area contributed by atoms with E-state index in [-0.39, 0.29) is 29.1 Å². The Morgan fingerprint density at radius 2 is 1.87 bits per heavy atom. The van der Waals surface area contributed by atoms with Crippen LogP contribution in [0.5, 0.6) is 0 Å². The molecule has 162 valence electrons. The standard InChI is InChI=1S/C24H27FN4OS/c1-3-9-21(17-10-5-4-6-11-17)26-23(30)16(2)31-24-28-27-22(29(24)18-14-15-18)19-12-7-8-13-20(19)25/h4-8,10-13,16,18,21H,3,9,14-15H2,1-2H3,(H,26,30). The van der Waals surface area contributed by atoms with E-state index in [1.807, 2.05) is 41.8 Å². The van der Waals surface area contributed by atoms with E-state index >= 15 is 0 Å². The number of halogens is 1. The van der Waals surface area contributed by atoms with Gasteiger partial charge in [0.05, 0.1) is 16.9 Å². The molecule has 1 aliphatic carbocycles. The highest BCUT2D eigenvalue weighted by molar-refractivity contribution is 8.00. The molecule has 3 aromatic rings. The van der Waals surface area contributed by atoms with Gasteiger partial charge in [-0.25, -0.2) is 4.39 Å². The van der Waals surface area contributed by atoms with Crippen LogP contribution in [0.1, 0.15) is 57.2 Å².